The van der Waals surface area contributed by atoms with E-state index < -0.39 is 133 Å². The molecular formula is C33H40O20. The van der Waals surface area contributed by atoms with E-state index in [1.54, 1.807) is 0 Å². The lowest BCUT2D eigenvalue weighted by Gasteiger charge is -2.45. The standard InChI is InChI=1S/C33H40O20/c1-9-19(37)21(39)26(44)32(48-9)49-12-6-14(36)18-16(7-12)51-29(22(40)20(18)38)11-3-4-15(13(35)5-11)50-30-17(8-34)52-33(27(45)24(30)42)53-28-10(2)47-31(46)25(43)23(28)41/h3-7,9-10,17,19,21,23-28,30-37,39-46H,8H2,1-2H3. The monoisotopic (exact) mass is 756 g/mol. The highest BCUT2D eigenvalue weighted by molar-refractivity contribution is 5.88. The molecule has 15 unspecified atom stereocenters. The largest absolute Gasteiger partial charge is 0.507 e. The van der Waals surface area contributed by atoms with E-state index in [1.165, 1.54) is 19.9 Å². The summed E-state index contributed by atoms with van der Waals surface area (Å²) in [5, 5.41) is 124. The van der Waals surface area contributed by atoms with Gasteiger partial charge in [0.25, 0.3) is 0 Å². The summed E-state index contributed by atoms with van der Waals surface area (Å²) in [5.74, 6) is -3.28. The maximum Gasteiger partial charge on any atom is 0.238 e. The maximum atomic E-state index is 13.1. The minimum Gasteiger partial charge on any atom is -0.507 e. The Bertz CT molecular complexity index is 1830. The molecule has 292 valence electrons. The molecule has 0 bridgehead atoms. The number of rotatable bonds is 8. The molecule has 20 heteroatoms. The molecular weight excluding hydrogens is 716 g/mol. The van der Waals surface area contributed by atoms with Crippen molar-refractivity contribution >= 4 is 11.0 Å². The van der Waals surface area contributed by atoms with E-state index in [-0.39, 0.29) is 22.6 Å². The van der Waals surface area contributed by atoms with E-state index in [0.29, 0.717) is 0 Å². The van der Waals surface area contributed by atoms with E-state index in [0.717, 1.165) is 24.3 Å². The highest BCUT2D eigenvalue weighted by Crippen LogP contribution is 2.40. The first kappa shape index (κ1) is 38.8. The Hall–Kier alpha value is -3.87. The molecule has 3 aromatic rings. The van der Waals surface area contributed by atoms with Gasteiger partial charge >= 0.3 is 0 Å². The molecule has 2 aromatic carbocycles. The predicted molar refractivity (Wildman–Crippen MR) is 172 cm³/mol. The lowest BCUT2D eigenvalue weighted by atomic mass is 9.97. The summed E-state index contributed by atoms with van der Waals surface area (Å²) < 4.78 is 38.7. The molecule has 0 spiro atoms. The number of benzene rings is 2. The normalized spacial score (nSPS) is 37.8. The zero-order chi connectivity index (χ0) is 38.6. The second-order valence-electron chi connectivity index (χ2n) is 13.0. The number of aliphatic hydroxyl groups is 9. The third-order valence-corrected chi connectivity index (χ3v) is 9.38. The van der Waals surface area contributed by atoms with Crippen LogP contribution in [-0.2, 0) is 18.9 Å². The molecule has 0 saturated carbocycles. The smallest absolute Gasteiger partial charge is 0.238 e. The molecule has 0 aliphatic carbocycles. The van der Waals surface area contributed by atoms with Crippen LogP contribution in [-0.4, -0.2) is 160 Å². The minimum atomic E-state index is -1.87. The Kier molecular flexibility index (Phi) is 11.1. The Morgan fingerprint density at radius 1 is 0.679 bits per heavy atom. The van der Waals surface area contributed by atoms with Crippen LogP contribution in [0.2, 0.25) is 0 Å². The summed E-state index contributed by atoms with van der Waals surface area (Å²) in [5.41, 5.74) is -1.47. The fourth-order valence-electron chi connectivity index (χ4n) is 6.35. The third kappa shape index (κ3) is 7.22. The molecule has 6 rings (SSSR count). The Labute approximate surface area is 298 Å². The first-order valence-electron chi connectivity index (χ1n) is 16.4. The van der Waals surface area contributed by atoms with Gasteiger partial charge in [0, 0.05) is 17.7 Å². The summed E-state index contributed by atoms with van der Waals surface area (Å²) in [6.45, 7) is 2.05. The number of hydrogen-bond acceptors (Lipinski definition) is 20. The fourth-order valence-corrected chi connectivity index (χ4v) is 6.35. The van der Waals surface area contributed by atoms with Gasteiger partial charge < -0.3 is 94.1 Å². The molecule has 3 aliphatic heterocycles. The molecule has 0 radical (unpaired) electrons. The van der Waals surface area contributed by atoms with Gasteiger partial charge in [0.05, 0.1) is 18.8 Å². The highest BCUT2D eigenvalue weighted by Gasteiger charge is 2.51. The van der Waals surface area contributed by atoms with Gasteiger partial charge in [-0.2, -0.15) is 0 Å². The Balaban J connectivity index is 1.22. The van der Waals surface area contributed by atoms with Crippen molar-refractivity contribution in [1.82, 2.24) is 0 Å². The summed E-state index contributed by atoms with van der Waals surface area (Å²) in [4.78, 5) is 13.1. The van der Waals surface area contributed by atoms with Gasteiger partial charge in [-0.3, -0.25) is 4.79 Å². The molecule has 0 amide bonds. The van der Waals surface area contributed by atoms with Crippen LogP contribution < -0.4 is 14.9 Å². The zero-order valence-corrected chi connectivity index (χ0v) is 27.9. The van der Waals surface area contributed by atoms with Crippen LogP contribution in [0.15, 0.2) is 39.5 Å². The first-order valence-corrected chi connectivity index (χ1v) is 16.4. The van der Waals surface area contributed by atoms with E-state index in [4.69, 9.17) is 32.8 Å². The van der Waals surface area contributed by atoms with Crippen molar-refractivity contribution in [2.24, 2.45) is 0 Å². The topological polar surface area (TPSA) is 328 Å². The quantitative estimate of drug-likeness (QED) is 0.108. The van der Waals surface area contributed by atoms with Gasteiger partial charge in [0.15, 0.2) is 35.9 Å². The van der Waals surface area contributed by atoms with Crippen molar-refractivity contribution in [1.29, 1.82) is 0 Å². The van der Waals surface area contributed by atoms with Gasteiger partial charge in [0.1, 0.15) is 77.4 Å². The van der Waals surface area contributed by atoms with Crippen molar-refractivity contribution in [3.8, 4) is 40.1 Å². The number of phenolic OH excluding ortho intramolecular Hbond substituents is 2. The average Bonchev–Trinajstić information content (AvgIpc) is 3.11. The van der Waals surface area contributed by atoms with Crippen LogP contribution in [0.25, 0.3) is 22.3 Å². The van der Waals surface area contributed by atoms with Crippen LogP contribution in [0.4, 0.5) is 0 Å². The van der Waals surface area contributed by atoms with E-state index >= 15 is 0 Å². The molecule has 3 aliphatic rings. The van der Waals surface area contributed by atoms with Crippen LogP contribution in [0.5, 0.6) is 28.7 Å². The second kappa shape index (κ2) is 15.1. The van der Waals surface area contributed by atoms with Crippen molar-refractivity contribution in [2.45, 2.75) is 106 Å². The van der Waals surface area contributed by atoms with Crippen molar-refractivity contribution in [3.63, 3.8) is 0 Å². The van der Waals surface area contributed by atoms with E-state index in [9.17, 15) is 66.1 Å². The number of aromatic hydroxyl groups is 3. The molecule has 12 N–H and O–H groups in total. The molecule has 53 heavy (non-hydrogen) atoms. The number of aliphatic hydroxyl groups excluding tert-OH is 9. The fraction of sp³-hybridized carbons (Fsp3) is 0.545. The van der Waals surface area contributed by atoms with Gasteiger partial charge in [0.2, 0.25) is 17.5 Å². The Morgan fingerprint density at radius 3 is 2.04 bits per heavy atom. The van der Waals surface area contributed by atoms with Crippen LogP contribution in [0.3, 0.4) is 0 Å². The summed E-state index contributed by atoms with van der Waals surface area (Å²) in [6, 6.07) is 5.50. The van der Waals surface area contributed by atoms with Gasteiger partial charge in [-0.25, -0.2) is 0 Å². The average molecular weight is 757 g/mol. The number of ether oxygens (including phenoxy) is 6. The molecule has 1 aromatic heterocycles. The highest BCUT2D eigenvalue weighted by atomic mass is 16.7. The van der Waals surface area contributed by atoms with Crippen LogP contribution >= 0.6 is 0 Å². The van der Waals surface area contributed by atoms with Crippen molar-refractivity contribution in [3.05, 3.63) is 40.6 Å². The van der Waals surface area contributed by atoms with Crippen LogP contribution in [0.1, 0.15) is 13.8 Å². The van der Waals surface area contributed by atoms with Crippen molar-refractivity contribution < 1.29 is 94.1 Å². The lowest BCUT2D eigenvalue weighted by molar-refractivity contribution is -0.349. The zero-order valence-electron chi connectivity index (χ0n) is 27.9. The lowest BCUT2D eigenvalue weighted by Crippen LogP contribution is -2.64. The molecule has 3 fully saturated rings. The SMILES string of the molecule is CC1OC(Oc2cc(O)c3c(=O)c(O)c(-c4ccc(OC5C(CO)OC(OC6C(C)OC(O)C(O)C6O)C(O)C5O)c(O)c4)oc3c2)C(O)C(O)C1O. The molecule has 3 saturated heterocycles. The maximum absolute atomic E-state index is 13.1. The minimum absolute atomic E-state index is 0.0866. The summed E-state index contributed by atoms with van der Waals surface area (Å²) >= 11 is 0. The molecule has 20 nitrogen and oxygen atoms in total. The third-order valence-electron chi connectivity index (χ3n) is 9.38. The predicted octanol–water partition coefficient (Wildman–Crippen LogP) is -3.19. The molecule has 15 atom stereocenters. The van der Waals surface area contributed by atoms with E-state index in [2.05, 4.69) is 0 Å². The number of phenols is 2. The van der Waals surface area contributed by atoms with E-state index in [1.807, 2.05) is 0 Å². The van der Waals surface area contributed by atoms with Gasteiger partial charge in [-0.05, 0) is 32.0 Å². The Morgan fingerprint density at radius 2 is 1.36 bits per heavy atom. The molecule has 4 heterocycles. The van der Waals surface area contributed by atoms with Gasteiger partial charge in [-0.15, -0.1) is 0 Å². The van der Waals surface area contributed by atoms with Crippen LogP contribution in [0, 0.1) is 0 Å². The summed E-state index contributed by atoms with van der Waals surface area (Å²) in [7, 11) is 0. The second-order valence-corrected chi connectivity index (χ2v) is 13.0. The van der Waals surface area contributed by atoms with Crippen molar-refractivity contribution in [2.75, 3.05) is 6.61 Å². The number of fused-ring (bicyclic) bond motifs is 1. The van der Waals surface area contributed by atoms with Gasteiger partial charge in [-0.1, -0.05) is 0 Å². The summed E-state index contributed by atoms with van der Waals surface area (Å²) in [6.07, 6.45) is -22.9. The first-order chi connectivity index (χ1) is 25.0. The number of hydrogen-bond donors (Lipinski definition) is 12.